The lowest BCUT2D eigenvalue weighted by Gasteiger charge is -2.19. The van der Waals surface area contributed by atoms with Crippen molar-refractivity contribution < 1.29 is 13.5 Å². The Balaban J connectivity index is 1.40. The predicted molar refractivity (Wildman–Crippen MR) is 146 cm³/mol. The Kier molecular flexibility index (Phi) is 6.38. The number of benzene rings is 2. The van der Waals surface area contributed by atoms with Gasteiger partial charge in [-0.25, -0.2) is 13.1 Å². The van der Waals surface area contributed by atoms with Crippen molar-refractivity contribution in [2.75, 3.05) is 0 Å². The molecular weight excluding hydrogens is 512 g/mol. The summed E-state index contributed by atoms with van der Waals surface area (Å²) in [6.45, 7) is 0. The topological polar surface area (TPSA) is 79.3 Å². The summed E-state index contributed by atoms with van der Waals surface area (Å²) in [6, 6.07) is 19.0. The van der Waals surface area contributed by atoms with Crippen LogP contribution in [0.2, 0.25) is 5.02 Å². The van der Waals surface area contributed by atoms with Gasteiger partial charge in [-0.3, -0.25) is 4.98 Å². The first-order valence-electron chi connectivity index (χ1n) is 12.3. The van der Waals surface area contributed by atoms with E-state index >= 15 is 0 Å². The first-order chi connectivity index (χ1) is 17.4. The van der Waals surface area contributed by atoms with E-state index in [0.717, 1.165) is 50.2 Å². The Bertz CT molecular complexity index is 1530. The highest BCUT2D eigenvalue weighted by Gasteiger charge is 2.38. The summed E-state index contributed by atoms with van der Waals surface area (Å²) in [6.07, 6.45) is 5.72. The molecule has 36 heavy (non-hydrogen) atoms. The van der Waals surface area contributed by atoms with E-state index in [-0.39, 0.29) is 11.4 Å². The fourth-order valence-electron chi connectivity index (χ4n) is 4.69. The molecule has 186 valence electrons. The molecule has 2 saturated carbocycles. The molecule has 0 saturated heterocycles. The van der Waals surface area contributed by atoms with Crippen molar-refractivity contribution in [3.05, 3.63) is 87.9 Å². The van der Waals surface area contributed by atoms with Gasteiger partial charge in [-0.1, -0.05) is 48.0 Å². The lowest BCUT2D eigenvalue weighted by atomic mass is 10.0. The van der Waals surface area contributed by atoms with Crippen LogP contribution < -0.4 is 4.72 Å². The molecule has 0 aliphatic heterocycles. The predicted octanol–water partition coefficient (Wildman–Crippen LogP) is 6.10. The number of hydrogen-bond donors (Lipinski definition) is 2. The fourth-order valence-corrected chi connectivity index (χ4v) is 7.79. The number of hydrogen-bond acceptors (Lipinski definition) is 5. The maximum absolute atomic E-state index is 13.0. The summed E-state index contributed by atoms with van der Waals surface area (Å²) in [4.78, 5) is 5.52. The van der Waals surface area contributed by atoms with Gasteiger partial charge >= 0.3 is 0 Å². The Hall–Kier alpha value is -2.29. The highest BCUT2D eigenvalue weighted by Crippen LogP contribution is 2.41. The van der Waals surface area contributed by atoms with E-state index in [4.69, 9.17) is 11.6 Å². The second-order valence-electron chi connectivity index (χ2n) is 9.85. The molecule has 2 atom stereocenters. The van der Waals surface area contributed by atoms with Crippen LogP contribution in [0.5, 0.6) is 0 Å². The number of aliphatic hydroxyl groups is 1. The van der Waals surface area contributed by atoms with Crippen LogP contribution in [0.15, 0.2) is 66.9 Å². The van der Waals surface area contributed by atoms with E-state index in [9.17, 15) is 13.5 Å². The van der Waals surface area contributed by atoms with Crippen LogP contribution in [0.25, 0.3) is 21.3 Å². The number of aromatic nitrogens is 1. The van der Waals surface area contributed by atoms with Gasteiger partial charge in [0, 0.05) is 26.4 Å². The molecule has 8 heteroatoms. The maximum atomic E-state index is 13.0. The third-order valence-electron chi connectivity index (χ3n) is 7.02. The van der Waals surface area contributed by atoms with Crippen LogP contribution in [0, 0.1) is 5.92 Å². The highest BCUT2D eigenvalue weighted by atomic mass is 35.5. The van der Waals surface area contributed by atoms with Gasteiger partial charge in [0.25, 0.3) is 0 Å². The lowest BCUT2D eigenvalue weighted by molar-refractivity contribution is 0.151. The van der Waals surface area contributed by atoms with Gasteiger partial charge < -0.3 is 5.11 Å². The Morgan fingerprint density at radius 1 is 1.06 bits per heavy atom. The van der Waals surface area contributed by atoms with Crippen LogP contribution in [0.1, 0.15) is 47.7 Å². The number of thiophene rings is 1. The number of rotatable bonds is 9. The molecule has 2 aromatic carbocycles. The molecule has 6 rings (SSSR count). The molecule has 2 fully saturated rings. The van der Waals surface area contributed by atoms with Crippen molar-refractivity contribution in [3.63, 3.8) is 0 Å². The van der Waals surface area contributed by atoms with Crippen molar-refractivity contribution in [2.24, 2.45) is 5.92 Å². The number of nitrogens with zero attached hydrogens (tertiary/aromatic N) is 1. The Morgan fingerprint density at radius 3 is 2.61 bits per heavy atom. The molecule has 0 spiro atoms. The normalized spacial score (nSPS) is 17.8. The van der Waals surface area contributed by atoms with Gasteiger partial charge in [-0.05, 0) is 78.8 Å². The largest absolute Gasteiger partial charge is 0.392 e. The third-order valence-corrected chi connectivity index (χ3v) is 10.5. The van der Waals surface area contributed by atoms with E-state index in [0.29, 0.717) is 30.2 Å². The molecule has 2 aromatic heterocycles. The molecule has 0 bridgehead atoms. The van der Waals surface area contributed by atoms with E-state index in [2.05, 4.69) is 15.8 Å². The molecule has 2 heterocycles. The molecule has 2 aliphatic rings. The van der Waals surface area contributed by atoms with Crippen molar-refractivity contribution in [3.8, 4) is 11.3 Å². The van der Waals surface area contributed by atoms with Gasteiger partial charge in [-0.15, -0.1) is 11.3 Å². The van der Waals surface area contributed by atoms with Crippen LogP contribution in [-0.2, 0) is 16.4 Å². The van der Waals surface area contributed by atoms with Gasteiger partial charge in [-0.2, -0.15) is 0 Å². The molecule has 2 unspecified atom stereocenters. The Morgan fingerprint density at radius 2 is 1.86 bits per heavy atom. The van der Waals surface area contributed by atoms with E-state index in [1.807, 2.05) is 48.5 Å². The van der Waals surface area contributed by atoms with Gasteiger partial charge in [0.1, 0.15) is 0 Å². The molecule has 0 radical (unpaired) electrons. The van der Waals surface area contributed by atoms with Crippen LogP contribution >= 0.6 is 22.9 Å². The van der Waals surface area contributed by atoms with Gasteiger partial charge in [0.2, 0.25) is 10.0 Å². The second kappa shape index (κ2) is 9.54. The summed E-state index contributed by atoms with van der Waals surface area (Å²) in [7, 11) is -3.46. The number of halogens is 1. The SMILES string of the molecule is O=S(=O)(NC(c1cc2cccc(-c3cc(CC(O)C4CC4)ccn3)c2s1)c1ccccc1Cl)C1CC1. The molecular formula is C28H27ClN2O3S2. The zero-order valence-corrected chi connectivity index (χ0v) is 22.0. The van der Waals surface area contributed by atoms with Gasteiger partial charge in [0.15, 0.2) is 0 Å². The molecule has 4 aromatic rings. The standard InChI is InChI=1S/C28H27ClN2O3S2/c29-23-7-2-1-5-21(23)27(31-36(33,34)20-10-11-20)26-16-19-4-3-6-22(28(19)35-26)24-14-17(12-13-30-24)15-25(32)18-8-9-18/h1-7,12-14,16,18,20,25,27,31-32H,8-11,15H2. The van der Waals surface area contributed by atoms with Crippen LogP contribution in [-0.4, -0.2) is 29.9 Å². The summed E-state index contributed by atoms with van der Waals surface area (Å²) < 4.78 is 29.9. The van der Waals surface area contributed by atoms with Crippen molar-refractivity contribution >= 4 is 43.0 Å². The van der Waals surface area contributed by atoms with Crippen molar-refractivity contribution in [2.45, 2.75) is 49.5 Å². The maximum Gasteiger partial charge on any atom is 0.215 e. The second-order valence-corrected chi connectivity index (χ2v) is 13.3. The number of fused-ring (bicyclic) bond motifs is 1. The number of aliphatic hydroxyl groups excluding tert-OH is 1. The average Bonchev–Trinajstić information content (AvgIpc) is 3.78. The molecule has 2 N–H and O–H groups in total. The molecule has 2 aliphatic carbocycles. The van der Waals surface area contributed by atoms with E-state index in [1.165, 1.54) is 0 Å². The zero-order chi connectivity index (χ0) is 24.9. The summed E-state index contributed by atoms with van der Waals surface area (Å²) >= 11 is 8.11. The monoisotopic (exact) mass is 538 g/mol. The Labute approximate surface area is 220 Å². The van der Waals surface area contributed by atoms with E-state index < -0.39 is 16.1 Å². The third kappa shape index (κ3) is 4.95. The van der Waals surface area contributed by atoms with Gasteiger partial charge in [0.05, 0.1) is 23.1 Å². The molecule has 0 amide bonds. The summed E-state index contributed by atoms with van der Waals surface area (Å²) in [5, 5.41) is 11.7. The lowest BCUT2D eigenvalue weighted by Crippen LogP contribution is -2.31. The number of pyridine rings is 1. The summed E-state index contributed by atoms with van der Waals surface area (Å²) in [5.41, 5.74) is 3.65. The first kappa shape index (κ1) is 24.1. The zero-order valence-electron chi connectivity index (χ0n) is 19.6. The number of sulfonamides is 1. The number of nitrogens with one attached hydrogen (secondary N) is 1. The average molecular weight is 539 g/mol. The smallest absolute Gasteiger partial charge is 0.215 e. The minimum Gasteiger partial charge on any atom is -0.392 e. The minimum atomic E-state index is -3.46. The minimum absolute atomic E-state index is 0.305. The first-order valence-corrected chi connectivity index (χ1v) is 15.0. The van der Waals surface area contributed by atoms with E-state index in [1.54, 1.807) is 23.6 Å². The van der Waals surface area contributed by atoms with Crippen LogP contribution in [0.3, 0.4) is 0 Å². The van der Waals surface area contributed by atoms with Crippen molar-refractivity contribution in [1.82, 2.24) is 9.71 Å². The summed E-state index contributed by atoms with van der Waals surface area (Å²) in [5.74, 6) is 0.422. The molecule has 5 nitrogen and oxygen atoms in total. The van der Waals surface area contributed by atoms with Crippen molar-refractivity contribution in [1.29, 1.82) is 0 Å². The fraction of sp³-hybridized carbons (Fsp3) is 0.321. The highest BCUT2D eigenvalue weighted by molar-refractivity contribution is 7.90. The van der Waals surface area contributed by atoms with Crippen LogP contribution in [0.4, 0.5) is 0 Å². The quantitative estimate of drug-likeness (QED) is 0.270.